The van der Waals surface area contributed by atoms with Gasteiger partial charge in [0.05, 0.1) is 17.2 Å². The van der Waals surface area contributed by atoms with Crippen molar-refractivity contribution in [3.05, 3.63) is 125 Å². The lowest BCUT2D eigenvalue weighted by molar-refractivity contribution is -0.137. The van der Waals surface area contributed by atoms with Gasteiger partial charge in [-0.25, -0.2) is 0 Å². The van der Waals surface area contributed by atoms with Gasteiger partial charge in [0.15, 0.2) is 0 Å². The fraction of sp³-hybridized carbons (Fsp3) is 0.226. The Hall–Kier alpha value is -3.28. The smallest absolute Gasteiger partial charge is 0.417 e. The lowest BCUT2D eigenvalue weighted by atomic mass is 9.97. The predicted octanol–water partition coefficient (Wildman–Crippen LogP) is 8.54. The molecule has 4 aromatic rings. The zero-order valence-corrected chi connectivity index (χ0v) is 21.2. The standard InChI is InChI=1S/C31H29ClF3NO/c32-30-26(14-9-18-29(30)31(33,34)35)23-36(20-10-22-37-27-15-5-2-6-16-27)21-19-25-13-7-8-17-28(25)24-11-3-1-4-12-24/h1-9,11-18H,10,19-23H2. The Balaban J connectivity index is 1.49. The minimum atomic E-state index is -4.49. The summed E-state index contributed by atoms with van der Waals surface area (Å²) in [6.07, 6.45) is -3.01. The number of nitrogens with zero attached hydrogens (tertiary/aromatic N) is 1. The molecule has 0 fully saturated rings. The van der Waals surface area contributed by atoms with Crippen LogP contribution in [-0.2, 0) is 19.1 Å². The monoisotopic (exact) mass is 523 g/mol. The van der Waals surface area contributed by atoms with Crippen LogP contribution >= 0.6 is 11.6 Å². The highest BCUT2D eigenvalue weighted by molar-refractivity contribution is 6.32. The molecule has 0 aliphatic rings. The molecule has 0 amide bonds. The molecule has 4 aromatic carbocycles. The van der Waals surface area contributed by atoms with Crippen molar-refractivity contribution in [1.82, 2.24) is 4.90 Å². The molecule has 0 unspecified atom stereocenters. The van der Waals surface area contributed by atoms with Gasteiger partial charge in [-0.1, -0.05) is 96.5 Å². The summed E-state index contributed by atoms with van der Waals surface area (Å²) >= 11 is 6.23. The van der Waals surface area contributed by atoms with Crippen molar-refractivity contribution in [1.29, 1.82) is 0 Å². The molecule has 192 valence electrons. The van der Waals surface area contributed by atoms with E-state index >= 15 is 0 Å². The van der Waals surface area contributed by atoms with Crippen molar-refractivity contribution < 1.29 is 17.9 Å². The van der Waals surface area contributed by atoms with Crippen LogP contribution in [0.5, 0.6) is 5.75 Å². The molecular weight excluding hydrogens is 495 g/mol. The van der Waals surface area contributed by atoms with Crippen molar-refractivity contribution >= 4 is 11.6 Å². The summed E-state index contributed by atoms with van der Waals surface area (Å²) < 4.78 is 46.1. The summed E-state index contributed by atoms with van der Waals surface area (Å²) in [7, 11) is 0. The van der Waals surface area contributed by atoms with Crippen LogP contribution in [0.25, 0.3) is 11.1 Å². The number of hydrogen-bond donors (Lipinski definition) is 0. The van der Waals surface area contributed by atoms with E-state index in [0.29, 0.717) is 31.8 Å². The topological polar surface area (TPSA) is 12.5 Å². The van der Waals surface area contributed by atoms with Gasteiger partial charge in [-0.05, 0) is 53.3 Å². The number of rotatable bonds is 11. The third-order valence-corrected chi connectivity index (χ3v) is 6.65. The summed E-state index contributed by atoms with van der Waals surface area (Å²) in [5.41, 5.74) is 3.16. The molecule has 0 spiro atoms. The molecule has 0 atom stereocenters. The van der Waals surface area contributed by atoms with Crippen LogP contribution in [0, 0.1) is 0 Å². The highest BCUT2D eigenvalue weighted by Gasteiger charge is 2.33. The summed E-state index contributed by atoms with van der Waals surface area (Å²) in [6, 6.07) is 32.1. The molecule has 6 heteroatoms. The second kappa shape index (κ2) is 12.8. The van der Waals surface area contributed by atoms with E-state index in [-0.39, 0.29) is 5.02 Å². The van der Waals surface area contributed by atoms with Crippen molar-refractivity contribution in [3.8, 4) is 16.9 Å². The second-order valence-electron chi connectivity index (χ2n) is 8.84. The first-order chi connectivity index (χ1) is 17.9. The second-order valence-corrected chi connectivity index (χ2v) is 9.22. The third-order valence-electron chi connectivity index (χ3n) is 6.21. The molecule has 0 N–H and O–H groups in total. The van der Waals surface area contributed by atoms with E-state index in [1.807, 2.05) is 60.7 Å². The summed E-state index contributed by atoms with van der Waals surface area (Å²) in [5.74, 6) is 0.798. The molecule has 0 bridgehead atoms. The highest BCUT2D eigenvalue weighted by Crippen LogP contribution is 2.36. The first-order valence-electron chi connectivity index (χ1n) is 12.3. The van der Waals surface area contributed by atoms with Crippen molar-refractivity contribution in [2.24, 2.45) is 0 Å². The quantitative estimate of drug-likeness (QED) is 0.183. The van der Waals surface area contributed by atoms with Crippen LogP contribution in [-0.4, -0.2) is 24.6 Å². The Morgan fingerprint density at radius 1 is 0.703 bits per heavy atom. The van der Waals surface area contributed by atoms with Crippen LogP contribution in [0.4, 0.5) is 13.2 Å². The van der Waals surface area contributed by atoms with Gasteiger partial charge in [-0.15, -0.1) is 0 Å². The molecule has 0 heterocycles. The Morgan fingerprint density at radius 3 is 2.08 bits per heavy atom. The predicted molar refractivity (Wildman–Crippen MR) is 144 cm³/mol. The van der Waals surface area contributed by atoms with Crippen molar-refractivity contribution in [2.75, 3.05) is 19.7 Å². The zero-order valence-electron chi connectivity index (χ0n) is 20.4. The lowest BCUT2D eigenvalue weighted by Gasteiger charge is -2.24. The Morgan fingerprint density at radius 2 is 1.35 bits per heavy atom. The van der Waals surface area contributed by atoms with E-state index in [0.717, 1.165) is 35.8 Å². The first-order valence-corrected chi connectivity index (χ1v) is 12.7. The van der Waals surface area contributed by atoms with Gasteiger partial charge in [-0.2, -0.15) is 13.2 Å². The largest absolute Gasteiger partial charge is 0.494 e. The van der Waals surface area contributed by atoms with Gasteiger partial charge in [0.2, 0.25) is 0 Å². The number of alkyl halides is 3. The molecule has 0 aliphatic heterocycles. The van der Waals surface area contributed by atoms with Gasteiger partial charge < -0.3 is 4.74 Å². The van der Waals surface area contributed by atoms with Crippen LogP contribution in [0.3, 0.4) is 0 Å². The van der Waals surface area contributed by atoms with E-state index in [4.69, 9.17) is 16.3 Å². The summed E-state index contributed by atoms with van der Waals surface area (Å²) in [6.45, 7) is 2.16. The Labute approximate surface area is 221 Å². The van der Waals surface area contributed by atoms with Crippen LogP contribution < -0.4 is 4.74 Å². The van der Waals surface area contributed by atoms with E-state index in [9.17, 15) is 13.2 Å². The zero-order chi connectivity index (χ0) is 26.1. The maximum atomic E-state index is 13.4. The average Bonchev–Trinajstić information content (AvgIpc) is 2.91. The molecule has 37 heavy (non-hydrogen) atoms. The molecule has 2 nitrogen and oxygen atoms in total. The Bertz CT molecular complexity index is 1260. The van der Waals surface area contributed by atoms with Gasteiger partial charge in [0.25, 0.3) is 0 Å². The molecule has 4 rings (SSSR count). The van der Waals surface area contributed by atoms with E-state index in [1.54, 1.807) is 6.07 Å². The van der Waals surface area contributed by atoms with Crippen molar-refractivity contribution in [2.45, 2.75) is 25.6 Å². The number of halogens is 4. The first kappa shape index (κ1) is 26.8. The molecule has 0 radical (unpaired) electrons. The van der Waals surface area contributed by atoms with E-state index in [2.05, 4.69) is 29.2 Å². The average molecular weight is 524 g/mol. The van der Waals surface area contributed by atoms with E-state index < -0.39 is 11.7 Å². The maximum Gasteiger partial charge on any atom is 0.417 e. The van der Waals surface area contributed by atoms with Gasteiger partial charge in [0.1, 0.15) is 5.75 Å². The molecule has 0 saturated heterocycles. The SMILES string of the molecule is FC(F)(F)c1cccc(CN(CCCOc2ccccc2)CCc2ccccc2-c2ccccc2)c1Cl. The molecule has 0 aromatic heterocycles. The van der Waals surface area contributed by atoms with Crippen LogP contribution in [0.2, 0.25) is 5.02 Å². The Kier molecular flexibility index (Phi) is 9.26. The van der Waals surface area contributed by atoms with E-state index in [1.165, 1.54) is 11.6 Å². The number of hydrogen-bond acceptors (Lipinski definition) is 2. The molecule has 0 aliphatic carbocycles. The van der Waals surface area contributed by atoms with Gasteiger partial charge in [0, 0.05) is 19.6 Å². The number of ether oxygens (including phenoxy) is 1. The van der Waals surface area contributed by atoms with Gasteiger partial charge >= 0.3 is 6.18 Å². The molecule has 0 saturated carbocycles. The summed E-state index contributed by atoms with van der Waals surface area (Å²) in [5, 5.41) is -0.231. The molecular formula is C31H29ClF3NO. The lowest BCUT2D eigenvalue weighted by Crippen LogP contribution is -2.28. The van der Waals surface area contributed by atoms with Gasteiger partial charge in [-0.3, -0.25) is 4.90 Å². The van der Waals surface area contributed by atoms with Crippen LogP contribution in [0.1, 0.15) is 23.1 Å². The maximum absolute atomic E-state index is 13.4. The highest BCUT2D eigenvalue weighted by atomic mass is 35.5. The third kappa shape index (κ3) is 7.61. The number of benzene rings is 4. The normalized spacial score (nSPS) is 11.6. The van der Waals surface area contributed by atoms with Crippen molar-refractivity contribution in [3.63, 3.8) is 0 Å². The van der Waals surface area contributed by atoms with Crippen LogP contribution in [0.15, 0.2) is 103 Å². The summed E-state index contributed by atoms with van der Waals surface area (Å²) in [4.78, 5) is 2.15. The fourth-order valence-electron chi connectivity index (χ4n) is 4.34. The fourth-order valence-corrected chi connectivity index (χ4v) is 4.64. The minimum absolute atomic E-state index is 0.231. The number of para-hydroxylation sites is 1. The minimum Gasteiger partial charge on any atom is -0.494 e.